The Labute approximate surface area is 146 Å². The summed E-state index contributed by atoms with van der Waals surface area (Å²) in [6.45, 7) is 11.7. The van der Waals surface area contributed by atoms with Gasteiger partial charge in [0.15, 0.2) is 8.32 Å². The quantitative estimate of drug-likeness (QED) is 0.399. The number of aryl methyl sites for hydroxylation is 1. The van der Waals surface area contributed by atoms with Crippen LogP contribution in [-0.4, -0.2) is 27.2 Å². The Bertz CT molecular complexity index is 573. The third-order valence-electron chi connectivity index (χ3n) is 4.76. The van der Waals surface area contributed by atoms with Gasteiger partial charge in [0, 0.05) is 6.42 Å². The highest BCUT2D eigenvalue weighted by Crippen LogP contribution is 2.37. The zero-order valence-electron chi connectivity index (χ0n) is 15.8. The van der Waals surface area contributed by atoms with Crippen LogP contribution in [0.2, 0.25) is 18.1 Å². The van der Waals surface area contributed by atoms with Gasteiger partial charge in [0.2, 0.25) is 0 Å². The van der Waals surface area contributed by atoms with Gasteiger partial charge in [-0.2, -0.15) is 0 Å². The van der Waals surface area contributed by atoms with Crippen molar-refractivity contribution in [2.45, 2.75) is 64.8 Å². The number of benzene rings is 1. The number of carbonyl (C=O) groups is 2. The molecule has 0 bridgehead atoms. The van der Waals surface area contributed by atoms with E-state index in [0.717, 1.165) is 11.1 Å². The van der Waals surface area contributed by atoms with E-state index in [1.807, 2.05) is 24.3 Å². The van der Waals surface area contributed by atoms with Crippen molar-refractivity contribution in [1.29, 1.82) is 0 Å². The van der Waals surface area contributed by atoms with Gasteiger partial charge >= 0.3 is 5.97 Å². The van der Waals surface area contributed by atoms with Gasteiger partial charge in [-0.1, -0.05) is 45.0 Å². The Balaban J connectivity index is 2.69. The molecule has 0 amide bonds. The Morgan fingerprint density at radius 1 is 1.08 bits per heavy atom. The molecular formula is C19H30O4Si. The van der Waals surface area contributed by atoms with Gasteiger partial charge in [-0.3, -0.25) is 9.59 Å². The number of ether oxygens (including phenoxy) is 1. The summed E-state index contributed by atoms with van der Waals surface area (Å²) in [5, 5.41) is 0.165. The Morgan fingerprint density at radius 3 is 2.21 bits per heavy atom. The summed E-state index contributed by atoms with van der Waals surface area (Å²) in [7, 11) is -0.515. The number of ketones is 1. The van der Waals surface area contributed by atoms with Crippen LogP contribution in [0.4, 0.5) is 0 Å². The first-order valence-electron chi connectivity index (χ1n) is 8.36. The Hall–Kier alpha value is -1.46. The zero-order valence-corrected chi connectivity index (χ0v) is 16.8. The summed E-state index contributed by atoms with van der Waals surface area (Å²) in [5.41, 5.74) is 2.22. The molecule has 5 heteroatoms. The summed E-state index contributed by atoms with van der Waals surface area (Å²) in [5.74, 6) is -0.573. The first-order valence-corrected chi connectivity index (χ1v) is 11.3. The van der Waals surface area contributed by atoms with E-state index >= 15 is 0 Å². The first-order chi connectivity index (χ1) is 11.1. The SMILES string of the molecule is COC(=O)CC(=O)CCc1ccccc1CO[Si](C)(C)C(C)(C)C. The normalized spacial score (nSPS) is 12.1. The van der Waals surface area contributed by atoms with E-state index in [1.54, 1.807) is 0 Å². The van der Waals surface area contributed by atoms with Crippen LogP contribution in [0.25, 0.3) is 0 Å². The van der Waals surface area contributed by atoms with Crippen LogP contribution in [0.15, 0.2) is 24.3 Å². The largest absolute Gasteiger partial charge is 0.469 e. The summed E-state index contributed by atoms with van der Waals surface area (Å²) in [4.78, 5) is 23.0. The number of rotatable bonds is 8. The summed E-state index contributed by atoms with van der Waals surface area (Å²) in [6.07, 6.45) is 0.804. The van der Waals surface area contributed by atoms with Gasteiger partial charge in [0.25, 0.3) is 0 Å². The van der Waals surface area contributed by atoms with E-state index in [2.05, 4.69) is 38.6 Å². The number of hydrogen-bond donors (Lipinski definition) is 0. The molecule has 1 rings (SSSR count). The van der Waals surface area contributed by atoms with Crippen molar-refractivity contribution in [2.24, 2.45) is 0 Å². The molecule has 0 saturated carbocycles. The van der Waals surface area contributed by atoms with Crippen molar-refractivity contribution < 1.29 is 18.8 Å². The van der Waals surface area contributed by atoms with Crippen LogP contribution in [0.5, 0.6) is 0 Å². The maximum Gasteiger partial charge on any atom is 0.313 e. The average Bonchev–Trinajstić information content (AvgIpc) is 2.50. The van der Waals surface area contributed by atoms with Gasteiger partial charge in [0.1, 0.15) is 12.2 Å². The molecule has 0 radical (unpaired) electrons. The highest BCUT2D eigenvalue weighted by Gasteiger charge is 2.37. The third-order valence-corrected chi connectivity index (χ3v) is 9.23. The average molecular weight is 351 g/mol. The molecule has 4 nitrogen and oxygen atoms in total. The number of Topliss-reactive ketones (excluding diaryl/α,β-unsaturated/α-hetero) is 1. The van der Waals surface area contributed by atoms with Crippen LogP contribution in [0.1, 0.15) is 44.7 Å². The lowest BCUT2D eigenvalue weighted by Gasteiger charge is -2.36. The van der Waals surface area contributed by atoms with Gasteiger partial charge in [-0.15, -0.1) is 0 Å². The standard InChI is InChI=1S/C19H30O4Si/c1-19(2,3)24(5,6)23-14-16-10-8-7-9-15(16)11-12-17(20)13-18(21)22-4/h7-10H,11-14H2,1-6H3. The predicted molar refractivity (Wildman–Crippen MR) is 98.4 cm³/mol. The van der Waals surface area contributed by atoms with Crippen LogP contribution in [0.3, 0.4) is 0 Å². The molecule has 0 aliphatic rings. The highest BCUT2D eigenvalue weighted by molar-refractivity contribution is 6.74. The molecule has 0 unspecified atom stereocenters. The second kappa shape index (κ2) is 8.58. The minimum absolute atomic E-state index is 0.0954. The monoisotopic (exact) mass is 350 g/mol. The Kier molecular flexibility index (Phi) is 7.36. The van der Waals surface area contributed by atoms with Crippen molar-refractivity contribution in [1.82, 2.24) is 0 Å². The number of hydrogen-bond acceptors (Lipinski definition) is 4. The maximum absolute atomic E-state index is 11.8. The van der Waals surface area contributed by atoms with Gasteiger partial charge in [-0.05, 0) is 35.7 Å². The van der Waals surface area contributed by atoms with Crippen molar-refractivity contribution >= 4 is 20.1 Å². The fraction of sp³-hybridized carbons (Fsp3) is 0.579. The van der Waals surface area contributed by atoms with E-state index in [1.165, 1.54) is 7.11 Å². The highest BCUT2D eigenvalue weighted by atomic mass is 28.4. The molecule has 1 aromatic carbocycles. The minimum atomic E-state index is -1.81. The van der Waals surface area contributed by atoms with Crippen LogP contribution >= 0.6 is 0 Å². The van der Waals surface area contributed by atoms with E-state index in [9.17, 15) is 9.59 Å². The molecule has 24 heavy (non-hydrogen) atoms. The van der Waals surface area contributed by atoms with Crippen LogP contribution < -0.4 is 0 Å². The summed E-state index contributed by atoms with van der Waals surface area (Å²) in [6, 6.07) is 8.03. The summed E-state index contributed by atoms with van der Waals surface area (Å²) < 4.78 is 10.8. The third kappa shape index (κ3) is 6.21. The van der Waals surface area contributed by atoms with Crippen molar-refractivity contribution in [3.63, 3.8) is 0 Å². The van der Waals surface area contributed by atoms with Gasteiger partial charge in [0.05, 0.1) is 13.7 Å². The van der Waals surface area contributed by atoms with Crippen molar-refractivity contribution in [3.05, 3.63) is 35.4 Å². The zero-order chi connectivity index (χ0) is 18.4. The first kappa shape index (κ1) is 20.6. The molecule has 0 aliphatic carbocycles. The topological polar surface area (TPSA) is 52.6 Å². The molecular weight excluding hydrogens is 320 g/mol. The van der Waals surface area contributed by atoms with Crippen LogP contribution in [-0.2, 0) is 31.8 Å². The molecule has 0 fully saturated rings. The number of esters is 1. The molecule has 134 valence electrons. The molecule has 0 aliphatic heterocycles. The van der Waals surface area contributed by atoms with Gasteiger partial charge < -0.3 is 9.16 Å². The second-order valence-corrected chi connectivity index (χ2v) is 12.4. The Morgan fingerprint density at radius 2 is 1.67 bits per heavy atom. The van der Waals surface area contributed by atoms with E-state index in [-0.39, 0.29) is 17.2 Å². The molecule has 0 spiro atoms. The van der Waals surface area contributed by atoms with E-state index in [0.29, 0.717) is 19.4 Å². The lowest BCUT2D eigenvalue weighted by Crippen LogP contribution is -2.40. The second-order valence-electron chi connectivity index (χ2n) is 7.61. The van der Waals surface area contributed by atoms with Crippen molar-refractivity contribution in [2.75, 3.05) is 7.11 Å². The molecule has 0 heterocycles. The van der Waals surface area contributed by atoms with Crippen LogP contribution in [0, 0.1) is 0 Å². The van der Waals surface area contributed by atoms with E-state index < -0.39 is 14.3 Å². The van der Waals surface area contributed by atoms with Crippen molar-refractivity contribution in [3.8, 4) is 0 Å². The summed E-state index contributed by atoms with van der Waals surface area (Å²) >= 11 is 0. The molecule has 0 aromatic heterocycles. The fourth-order valence-electron chi connectivity index (χ4n) is 2.01. The van der Waals surface area contributed by atoms with E-state index in [4.69, 9.17) is 4.43 Å². The molecule has 1 aromatic rings. The fourth-order valence-corrected chi connectivity index (χ4v) is 2.96. The molecule has 0 atom stereocenters. The van der Waals surface area contributed by atoms with Gasteiger partial charge in [-0.25, -0.2) is 0 Å². The maximum atomic E-state index is 11.8. The minimum Gasteiger partial charge on any atom is -0.469 e. The lowest BCUT2D eigenvalue weighted by molar-refractivity contribution is -0.143. The lowest BCUT2D eigenvalue weighted by atomic mass is 10.0. The molecule has 0 N–H and O–H groups in total. The number of carbonyl (C=O) groups excluding carboxylic acids is 2. The smallest absolute Gasteiger partial charge is 0.313 e. The predicted octanol–water partition coefficient (Wildman–Crippen LogP) is 4.27. The number of methoxy groups -OCH3 is 1. The molecule has 0 saturated heterocycles.